The van der Waals surface area contributed by atoms with Crippen LogP contribution in [0.3, 0.4) is 0 Å². The Hall–Kier alpha value is -0.930. The first kappa shape index (κ1) is 16.1. The normalized spacial score (nSPS) is 11.5. The van der Waals surface area contributed by atoms with Gasteiger partial charge in [0.15, 0.2) is 11.5 Å². The minimum absolute atomic E-state index is 0. The average molecular weight is 260 g/mol. The maximum atomic E-state index is 6.10. The molecular formula is C13H22ClNO2. The van der Waals surface area contributed by atoms with Crippen LogP contribution in [-0.4, -0.2) is 14.2 Å². The molecule has 1 aromatic rings. The van der Waals surface area contributed by atoms with Crippen LogP contribution in [0.15, 0.2) is 18.2 Å². The standard InChI is InChI=1S/C13H21NO2.ClH/c1-4-5-6-11(14)10-7-8-12(15-2)13(9-10)16-3;/h7-9,11H,4-6,14H2,1-3H3;1H/t11-;/m0./s1. The van der Waals surface area contributed by atoms with Gasteiger partial charge in [-0.25, -0.2) is 0 Å². The summed E-state index contributed by atoms with van der Waals surface area (Å²) in [6.07, 6.45) is 3.32. The average Bonchev–Trinajstić information content (AvgIpc) is 2.34. The van der Waals surface area contributed by atoms with Crippen molar-refractivity contribution in [2.24, 2.45) is 5.73 Å². The third-order valence-electron chi connectivity index (χ3n) is 2.70. The van der Waals surface area contributed by atoms with E-state index in [0.717, 1.165) is 29.9 Å². The summed E-state index contributed by atoms with van der Waals surface area (Å²) in [7, 11) is 3.27. The third-order valence-corrected chi connectivity index (χ3v) is 2.70. The van der Waals surface area contributed by atoms with Crippen LogP contribution >= 0.6 is 12.4 Å². The maximum Gasteiger partial charge on any atom is 0.161 e. The van der Waals surface area contributed by atoms with E-state index in [-0.39, 0.29) is 18.4 Å². The van der Waals surface area contributed by atoms with Crippen LogP contribution in [-0.2, 0) is 0 Å². The van der Waals surface area contributed by atoms with Crippen LogP contribution in [0.2, 0.25) is 0 Å². The molecule has 0 aliphatic carbocycles. The fourth-order valence-corrected chi connectivity index (χ4v) is 1.67. The lowest BCUT2D eigenvalue weighted by atomic mass is 10.0. The van der Waals surface area contributed by atoms with Crippen molar-refractivity contribution in [1.82, 2.24) is 0 Å². The molecule has 0 radical (unpaired) electrons. The summed E-state index contributed by atoms with van der Waals surface area (Å²) in [6, 6.07) is 5.95. The second kappa shape index (κ2) is 8.20. The molecule has 0 bridgehead atoms. The zero-order valence-corrected chi connectivity index (χ0v) is 11.5. The van der Waals surface area contributed by atoms with E-state index in [4.69, 9.17) is 15.2 Å². The van der Waals surface area contributed by atoms with Crippen molar-refractivity contribution in [3.8, 4) is 11.5 Å². The van der Waals surface area contributed by atoms with Crippen LogP contribution < -0.4 is 15.2 Å². The molecule has 3 nitrogen and oxygen atoms in total. The van der Waals surface area contributed by atoms with Crippen LogP contribution in [0.5, 0.6) is 11.5 Å². The van der Waals surface area contributed by atoms with E-state index in [1.54, 1.807) is 14.2 Å². The summed E-state index contributed by atoms with van der Waals surface area (Å²) in [6.45, 7) is 2.17. The van der Waals surface area contributed by atoms with Crippen LogP contribution in [0.1, 0.15) is 37.8 Å². The Labute approximate surface area is 110 Å². The van der Waals surface area contributed by atoms with Gasteiger partial charge in [-0.3, -0.25) is 0 Å². The predicted molar refractivity (Wildman–Crippen MR) is 73.2 cm³/mol. The minimum atomic E-state index is 0. The zero-order chi connectivity index (χ0) is 12.0. The molecule has 4 heteroatoms. The van der Waals surface area contributed by atoms with Gasteiger partial charge in [0.25, 0.3) is 0 Å². The summed E-state index contributed by atoms with van der Waals surface area (Å²) in [5, 5.41) is 0. The summed E-state index contributed by atoms with van der Waals surface area (Å²) >= 11 is 0. The fourth-order valence-electron chi connectivity index (χ4n) is 1.67. The van der Waals surface area contributed by atoms with Crippen LogP contribution in [0.4, 0.5) is 0 Å². The summed E-state index contributed by atoms with van der Waals surface area (Å²) in [4.78, 5) is 0. The van der Waals surface area contributed by atoms with E-state index in [2.05, 4.69) is 6.92 Å². The first-order valence-corrected chi connectivity index (χ1v) is 5.70. The van der Waals surface area contributed by atoms with Crippen molar-refractivity contribution in [2.45, 2.75) is 32.2 Å². The molecule has 1 rings (SSSR count). The van der Waals surface area contributed by atoms with E-state index in [0.29, 0.717) is 0 Å². The highest BCUT2D eigenvalue weighted by Gasteiger charge is 2.09. The van der Waals surface area contributed by atoms with Gasteiger partial charge in [-0.2, -0.15) is 0 Å². The van der Waals surface area contributed by atoms with Gasteiger partial charge in [0.2, 0.25) is 0 Å². The van der Waals surface area contributed by atoms with Gasteiger partial charge in [-0.15, -0.1) is 12.4 Å². The van der Waals surface area contributed by atoms with E-state index in [1.165, 1.54) is 6.42 Å². The topological polar surface area (TPSA) is 44.5 Å². The van der Waals surface area contributed by atoms with E-state index in [9.17, 15) is 0 Å². The smallest absolute Gasteiger partial charge is 0.161 e. The Kier molecular flexibility index (Phi) is 7.75. The van der Waals surface area contributed by atoms with Gasteiger partial charge >= 0.3 is 0 Å². The number of halogens is 1. The van der Waals surface area contributed by atoms with E-state index in [1.807, 2.05) is 18.2 Å². The molecule has 0 saturated carbocycles. The summed E-state index contributed by atoms with van der Waals surface area (Å²) in [5.41, 5.74) is 7.20. The van der Waals surface area contributed by atoms with Crippen molar-refractivity contribution in [3.63, 3.8) is 0 Å². The van der Waals surface area contributed by atoms with Gasteiger partial charge in [-0.1, -0.05) is 25.8 Å². The number of nitrogens with two attached hydrogens (primary N) is 1. The Bertz CT molecular complexity index is 331. The van der Waals surface area contributed by atoms with Crippen LogP contribution in [0.25, 0.3) is 0 Å². The molecule has 0 aromatic heterocycles. The van der Waals surface area contributed by atoms with E-state index < -0.39 is 0 Å². The third kappa shape index (κ3) is 4.44. The molecule has 1 aromatic carbocycles. The maximum absolute atomic E-state index is 6.10. The van der Waals surface area contributed by atoms with Gasteiger partial charge in [0.05, 0.1) is 14.2 Å². The largest absolute Gasteiger partial charge is 0.493 e. The molecular weight excluding hydrogens is 238 g/mol. The molecule has 0 saturated heterocycles. The van der Waals surface area contributed by atoms with E-state index >= 15 is 0 Å². The lowest BCUT2D eigenvalue weighted by Crippen LogP contribution is -2.10. The van der Waals surface area contributed by atoms with Crippen LogP contribution in [0, 0.1) is 0 Å². The first-order chi connectivity index (χ1) is 7.72. The molecule has 0 amide bonds. The first-order valence-electron chi connectivity index (χ1n) is 5.70. The molecule has 1 atom stereocenters. The number of benzene rings is 1. The molecule has 0 spiro atoms. The number of rotatable bonds is 6. The van der Waals surface area contributed by atoms with Crippen molar-refractivity contribution in [3.05, 3.63) is 23.8 Å². The Balaban J connectivity index is 0.00000256. The molecule has 17 heavy (non-hydrogen) atoms. The predicted octanol–water partition coefficient (Wildman–Crippen LogP) is 3.32. The monoisotopic (exact) mass is 259 g/mol. The van der Waals surface area contributed by atoms with Gasteiger partial charge < -0.3 is 15.2 Å². The summed E-state index contributed by atoms with van der Waals surface area (Å²) in [5.74, 6) is 1.49. The SMILES string of the molecule is CCCC[C@H](N)c1ccc(OC)c(OC)c1.Cl. The van der Waals surface area contributed by atoms with Gasteiger partial charge in [0.1, 0.15) is 0 Å². The number of hydrogen-bond acceptors (Lipinski definition) is 3. The molecule has 0 aliphatic rings. The molecule has 0 aliphatic heterocycles. The highest BCUT2D eigenvalue weighted by atomic mass is 35.5. The number of hydrogen-bond donors (Lipinski definition) is 1. The zero-order valence-electron chi connectivity index (χ0n) is 10.7. The lowest BCUT2D eigenvalue weighted by Gasteiger charge is -2.14. The van der Waals surface area contributed by atoms with Crippen molar-refractivity contribution in [1.29, 1.82) is 0 Å². The lowest BCUT2D eigenvalue weighted by molar-refractivity contribution is 0.354. The fraction of sp³-hybridized carbons (Fsp3) is 0.538. The second-order valence-corrected chi connectivity index (χ2v) is 3.86. The highest BCUT2D eigenvalue weighted by Crippen LogP contribution is 2.30. The minimum Gasteiger partial charge on any atom is -0.493 e. The molecule has 0 heterocycles. The quantitative estimate of drug-likeness (QED) is 0.852. The van der Waals surface area contributed by atoms with Gasteiger partial charge in [0, 0.05) is 6.04 Å². The Morgan fingerprint density at radius 3 is 2.35 bits per heavy atom. The number of methoxy groups -OCH3 is 2. The van der Waals surface area contributed by atoms with Crippen molar-refractivity contribution in [2.75, 3.05) is 14.2 Å². The molecule has 2 N–H and O–H groups in total. The van der Waals surface area contributed by atoms with Crippen molar-refractivity contribution < 1.29 is 9.47 Å². The second-order valence-electron chi connectivity index (χ2n) is 3.86. The summed E-state index contributed by atoms with van der Waals surface area (Å²) < 4.78 is 10.4. The molecule has 0 fully saturated rings. The molecule has 0 unspecified atom stereocenters. The Morgan fingerprint density at radius 1 is 1.18 bits per heavy atom. The number of unbranched alkanes of at least 4 members (excludes halogenated alkanes) is 1. The van der Waals surface area contributed by atoms with Crippen molar-refractivity contribution >= 4 is 12.4 Å². The molecule has 98 valence electrons. The number of ether oxygens (including phenoxy) is 2. The van der Waals surface area contributed by atoms with Gasteiger partial charge in [-0.05, 0) is 24.1 Å². The Morgan fingerprint density at radius 2 is 1.82 bits per heavy atom. The highest BCUT2D eigenvalue weighted by molar-refractivity contribution is 5.85.